The minimum Gasteiger partial charge on any atom is -0.368 e. The van der Waals surface area contributed by atoms with Crippen molar-refractivity contribution >= 4 is 53.1 Å². The van der Waals surface area contributed by atoms with E-state index in [9.17, 15) is 4.79 Å². The molecule has 0 spiro atoms. The van der Waals surface area contributed by atoms with Gasteiger partial charge in [-0.05, 0) is 25.1 Å². The molecule has 1 aromatic carbocycles. The van der Waals surface area contributed by atoms with Crippen molar-refractivity contribution in [3.05, 3.63) is 29.3 Å². The second kappa shape index (κ2) is 12.6. The Morgan fingerprint density at radius 3 is 2.33 bits per heavy atom. The maximum atomic E-state index is 11.4. The molecule has 168 valence electrons. The van der Waals surface area contributed by atoms with Crippen molar-refractivity contribution in [1.82, 2.24) is 20.0 Å². The molecule has 0 unspecified atom stereocenters. The number of benzene rings is 1. The number of piperazine rings is 2. The van der Waals surface area contributed by atoms with Crippen LogP contribution in [0.15, 0.2) is 29.3 Å². The normalized spacial score (nSPS) is 18.2. The van der Waals surface area contributed by atoms with E-state index in [1.165, 1.54) is 5.69 Å². The summed E-state index contributed by atoms with van der Waals surface area (Å²) in [6.45, 7) is 13.6. The monoisotopic (exact) mass is 548 g/mol. The van der Waals surface area contributed by atoms with Crippen molar-refractivity contribution in [2.75, 3.05) is 76.9 Å². The van der Waals surface area contributed by atoms with E-state index in [-0.39, 0.29) is 29.9 Å². The first kappa shape index (κ1) is 25.0. The van der Waals surface area contributed by atoms with Crippen LogP contribution in [0, 0.1) is 0 Å². The van der Waals surface area contributed by atoms with Crippen LogP contribution in [0.2, 0.25) is 5.02 Å². The van der Waals surface area contributed by atoms with Crippen molar-refractivity contribution in [2.45, 2.75) is 13.8 Å². The molecule has 2 heterocycles. The summed E-state index contributed by atoms with van der Waals surface area (Å²) in [7, 11) is 0. The van der Waals surface area contributed by atoms with Crippen LogP contribution in [0.4, 0.5) is 5.69 Å². The Hall–Kier alpha value is -1.26. The molecular weight excluding hydrogens is 515 g/mol. The van der Waals surface area contributed by atoms with Crippen LogP contribution >= 0.6 is 35.6 Å². The van der Waals surface area contributed by atoms with Gasteiger partial charge in [-0.2, -0.15) is 0 Å². The zero-order chi connectivity index (χ0) is 20.6. The highest BCUT2D eigenvalue weighted by atomic mass is 127. The second-order valence-corrected chi connectivity index (χ2v) is 7.97. The minimum absolute atomic E-state index is 0. The lowest BCUT2D eigenvalue weighted by Crippen LogP contribution is -2.53. The van der Waals surface area contributed by atoms with Crippen molar-refractivity contribution < 1.29 is 4.79 Å². The first-order valence-corrected chi connectivity index (χ1v) is 11.0. The Morgan fingerprint density at radius 1 is 1.07 bits per heavy atom. The third-order valence-electron chi connectivity index (χ3n) is 5.58. The van der Waals surface area contributed by atoms with Gasteiger partial charge in [-0.25, -0.2) is 0 Å². The molecule has 3 rings (SSSR count). The summed E-state index contributed by atoms with van der Waals surface area (Å²) >= 11 is 6.14. The SMILES string of the molecule is CCNC(=NCCN1CCN(C(C)=O)CC1)N1CCN(c2cccc(Cl)c2)CC1.I. The smallest absolute Gasteiger partial charge is 0.219 e. The number of guanidine groups is 1. The quantitative estimate of drug-likeness (QED) is 0.347. The van der Waals surface area contributed by atoms with E-state index in [0.717, 1.165) is 83.0 Å². The highest BCUT2D eigenvalue weighted by molar-refractivity contribution is 14.0. The molecule has 2 aliphatic heterocycles. The molecule has 1 amide bonds. The van der Waals surface area contributed by atoms with E-state index in [1.54, 1.807) is 6.92 Å². The Labute approximate surface area is 202 Å². The number of carbonyl (C=O) groups is 1. The largest absolute Gasteiger partial charge is 0.368 e. The predicted octanol–water partition coefficient (Wildman–Crippen LogP) is 2.21. The van der Waals surface area contributed by atoms with Gasteiger partial charge in [-0.15, -0.1) is 24.0 Å². The number of aliphatic imine (C=N–C) groups is 1. The zero-order valence-electron chi connectivity index (χ0n) is 18.0. The lowest BCUT2D eigenvalue weighted by molar-refractivity contribution is -0.130. The summed E-state index contributed by atoms with van der Waals surface area (Å²) in [5.74, 6) is 1.18. The molecule has 0 aromatic heterocycles. The van der Waals surface area contributed by atoms with Gasteiger partial charge < -0.3 is 20.0 Å². The topological polar surface area (TPSA) is 54.4 Å². The van der Waals surface area contributed by atoms with Gasteiger partial charge in [0, 0.05) is 83.1 Å². The average molecular weight is 549 g/mol. The van der Waals surface area contributed by atoms with Gasteiger partial charge in [-0.1, -0.05) is 17.7 Å². The number of anilines is 1. The van der Waals surface area contributed by atoms with E-state index >= 15 is 0 Å². The molecule has 1 aromatic rings. The van der Waals surface area contributed by atoms with Crippen molar-refractivity contribution in [2.24, 2.45) is 4.99 Å². The van der Waals surface area contributed by atoms with Gasteiger partial charge in [0.2, 0.25) is 5.91 Å². The molecule has 9 heteroatoms. The Bertz CT molecular complexity index is 702. The lowest BCUT2D eigenvalue weighted by atomic mass is 10.2. The minimum atomic E-state index is 0. The molecule has 0 bridgehead atoms. The fraction of sp³-hybridized carbons (Fsp3) is 0.619. The third-order valence-corrected chi connectivity index (χ3v) is 5.82. The van der Waals surface area contributed by atoms with Crippen molar-refractivity contribution in [1.29, 1.82) is 0 Å². The first-order valence-electron chi connectivity index (χ1n) is 10.6. The molecule has 1 N–H and O–H groups in total. The number of amides is 1. The number of halogens is 2. The summed E-state index contributed by atoms with van der Waals surface area (Å²) in [6, 6.07) is 8.07. The van der Waals surface area contributed by atoms with Crippen LogP contribution in [0.3, 0.4) is 0 Å². The summed E-state index contributed by atoms with van der Waals surface area (Å²) < 4.78 is 0. The van der Waals surface area contributed by atoms with Crippen molar-refractivity contribution in [3.63, 3.8) is 0 Å². The summed E-state index contributed by atoms with van der Waals surface area (Å²) in [6.07, 6.45) is 0. The fourth-order valence-corrected chi connectivity index (χ4v) is 4.04. The van der Waals surface area contributed by atoms with Crippen LogP contribution in [-0.2, 0) is 4.79 Å². The van der Waals surface area contributed by atoms with Gasteiger partial charge in [0.05, 0.1) is 6.54 Å². The Balaban J connectivity index is 0.00000320. The number of nitrogens with one attached hydrogen (secondary N) is 1. The van der Waals surface area contributed by atoms with Crippen LogP contribution in [-0.4, -0.2) is 98.6 Å². The average Bonchev–Trinajstić information content (AvgIpc) is 2.74. The third kappa shape index (κ3) is 7.16. The van der Waals surface area contributed by atoms with E-state index in [4.69, 9.17) is 16.6 Å². The van der Waals surface area contributed by atoms with Crippen LogP contribution in [0.25, 0.3) is 0 Å². The number of nitrogens with zero attached hydrogens (tertiary/aromatic N) is 5. The van der Waals surface area contributed by atoms with Gasteiger partial charge in [0.25, 0.3) is 0 Å². The molecular formula is C21H34ClIN6O. The molecule has 0 aliphatic carbocycles. The predicted molar refractivity (Wildman–Crippen MR) is 135 cm³/mol. The van der Waals surface area contributed by atoms with Gasteiger partial charge >= 0.3 is 0 Å². The first-order chi connectivity index (χ1) is 14.1. The van der Waals surface area contributed by atoms with E-state index < -0.39 is 0 Å². The molecule has 0 saturated carbocycles. The van der Waals surface area contributed by atoms with Crippen LogP contribution in [0.1, 0.15) is 13.8 Å². The van der Waals surface area contributed by atoms with Gasteiger partial charge in [0.1, 0.15) is 0 Å². The van der Waals surface area contributed by atoms with E-state index in [1.807, 2.05) is 23.1 Å². The Morgan fingerprint density at radius 2 is 1.73 bits per heavy atom. The summed E-state index contributed by atoms with van der Waals surface area (Å²) in [5.41, 5.74) is 1.18. The highest BCUT2D eigenvalue weighted by Crippen LogP contribution is 2.20. The number of hydrogen-bond acceptors (Lipinski definition) is 4. The standard InChI is InChI=1S/C21H33ClN6O.HI/c1-3-23-21(24-7-8-25-9-11-26(12-10-25)18(2)29)28-15-13-27(14-16-28)20-6-4-5-19(22)17-20;/h4-6,17H,3,7-16H2,1-2H3,(H,23,24);1H. The molecule has 30 heavy (non-hydrogen) atoms. The summed E-state index contributed by atoms with van der Waals surface area (Å²) in [4.78, 5) is 25.3. The number of rotatable bonds is 5. The Kier molecular flexibility index (Phi) is 10.5. The maximum Gasteiger partial charge on any atom is 0.219 e. The molecule has 0 atom stereocenters. The zero-order valence-corrected chi connectivity index (χ0v) is 21.1. The molecule has 0 radical (unpaired) electrons. The molecule has 2 saturated heterocycles. The number of carbonyl (C=O) groups excluding carboxylic acids is 1. The van der Waals surface area contributed by atoms with Crippen LogP contribution < -0.4 is 10.2 Å². The second-order valence-electron chi connectivity index (χ2n) is 7.54. The van der Waals surface area contributed by atoms with Crippen LogP contribution in [0.5, 0.6) is 0 Å². The maximum absolute atomic E-state index is 11.4. The number of hydrogen-bond donors (Lipinski definition) is 1. The lowest BCUT2D eigenvalue weighted by Gasteiger charge is -2.38. The highest BCUT2D eigenvalue weighted by Gasteiger charge is 2.21. The van der Waals surface area contributed by atoms with E-state index in [0.29, 0.717) is 0 Å². The van der Waals surface area contributed by atoms with E-state index in [2.05, 4.69) is 33.0 Å². The summed E-state index contributed by atoms with van der Waals surface area (Å²) in [5, 5.41) is 4.22. The van der Waals surface area contributed by atoms with Gasteiger partial charge in [-0.3, -0.25) is 14.7 Å². The fourth-order valence-electron chi connectivity index (χ4n) is 3.86. The van der Waals surface area contributed by atoms with Crippen molar-refractivity contribution in [3.8, 4) is 0 Å². The van der Waals surface area contributed by atoms with Gasteiger partial charge in [0.15, 0.2) is 5.96 Å². The molecule has 2 fully saturated rings. The molecule has 2 aliphatic rings. The molecule has 7 nitrogen and oxygen atoms in total.